The molecule has 1 aromatic rings. The fraction of sp³-hybridized carbons (Fsp3) is 0.100. The van der Waals surface area contributed by atoms with Crippen molar-refractivity contribution in [1.29, 1.82) is 0 Å². The van der Waals surface area contributed by atoms with E-state index in [1.54, 1.807) is 0 Å². The first-order valence-electron chi connectivity index (χ1n) is 4.22. The largest absolute Gasteiger partial charge is 0.341 e. The van der Waals surface area contributed by atoms with Gasteiger partial charge in [0.2, 0.25) is 0 Å². The summed E-state index contributed by atoms with van der Waals surface area (Å²) in [4.78, 5) is 21.5. The van der Waals surface area contributed by atoms with E-state index in [9.17, 15) is 14.9 Å². The predicted molar refractivity (Wildman–Crippen MR) is 62.0 cm³/mol. The van der Waals surface area contributed by atoms with Crippen LogP contribution in [0.3, 0.4) is 0 Å². The highest BCUT2D eigenvalue weighted by Crippen LogP contribution is 2.25. The quantitative estimate of drug-likeness (QED) is 0.521. The minimum Gasteiger partial charge on any atom is -0.341 e. The lowest BCUT2D eigenvalue weighted by Gasteiger charge is -2.02. The first kappa shape index (κ1) is 12.2. The monoisotopic (exact) mass is 282 g/mol. The molecule has 0 unspecified atom stereocenters. The zero-order valence-electron chi connectivity index (χ0n) is 8.07. The molecule has 1 N–H and O–H groups in total. The molecular formula is C10H7BrN2O3. The van der Waals surface area contributed by atoms with Crippen molar-refractivity contribution in [1.82, 2.24) is 5.32 Å². The molecule has 6 heteroatoms. The van der Waals surface area contributed by atoms with Crippen LogP contribution in [-0.4, -0.2) is 17.4 Å². The topological polar surface area (TPSA) is 72.2 Å². The van der Waals surface area contributed by atoms with Crippen molar-refractivity contribution in [3.05, 3.63) is 38.3 Å². The maximum absolute atomic E-state index is 11.4. The lowest BCUT2D eigenvalue weighted by molar-refractivity contribution is -0.385. The van der Waals surface area contributed by atoms with Crippen LogP contribution in [0.2, 0.25) is 0 Å². The number of rotatable bonds is 3. The van der Waals surface area contributed by atoms with Gasteiger partial charge in [0.1, 0.15) is 0 Å². The van der Waals surface area contributed by atoms with Gasteiger partial charge in [-0.3, -0.25) is 14.9 Å². The minimum atomic E-state index is -0.567. The third kappa shape index (κ3) is 2.81. The van der Waals surface area contributed by atoms with E-state index in [0.717, 1.165) is 0 Å². The molecule has 0 aliphatic heterocycles. The zero-order valence-corrected chi connectivity index (χ0v) is 9.65. The summed E-state index contributed by atoms with van der Waals surface area (Å²) in [6, 6.07) is 4.11. The number of hydrogen-bond donors (Lipinski definition) is 1. The zero-order chi connectivity index (χ0) is 12.1. The molecule has 82 valence electrons. The van der Waals surface area contributed by atoms with Gasteiger partial charge in [0.25, 0.3) is 11.6 Å². The Kier molecular flexibility index (Phi) is 4.03. The highest BCUT2D eigenvalue weighted by atomic mass is 79.9. The second kappa shape index (κ2) is 5.28. The molecule has 0 heterocycles. The maximum atomic E-state index is 11.4. The van der Waals surface area contributed by atoms with E-state index in [0.29, 0.717) is 4.47 Å². The summed E-state index contributed by atoms with van der Waals surface area (Å²) in [6.45, 7) is 0.0860. The standard InChI is InChI=1S/C10H7BrN2O3/c1-2-5-12-10(14)7-3-4-8(11)9(6-7)13(15)16/h1,3-4,6H,5H2,(H,12,14). The lowest BCUT2D eigenvalue weighted by Crippen LogP contribution is -2.23. The fourth-order valence-corrected chi connectivity index (χ4v) is 1.42. The molecule has 16 heavy (non-hydrogen) atoms. The summed E-state index contributed by atoms with van der Waals surface area (Å²) in [5, 5.41) is 13.0. The molecular weight excluding hydrogens is 276 g/mol. The second-order valence-electron chi connectivity index (χ2n) is 2.81. The number of carbonyl (C=O) groups excluding carboxylic acids is 1. The van der Waals surface area contributed by atoms with E-state index >= 15 is 0 Å². The first-order valence-corrected chi connectivity index (χ1v) is 5.01. The fourth-order valence-electron chi connectivity index (χ4n) is 1.03. The number of benzene rings is 1. The molecule has 0 aromatic heterocycles. The maximum Gasteiger partial charge on any atom is 0.284 e. The molecule has 0 spiro atoms. The van der Waals surface area contributed by atoms with Gasteiger partial charge in [0, 0.05) is 11.6 Å². The number of terminal acetylenes is 1. The molecule has 0 radical (unpaired) electrons. The van der Waals surface area contributed by atoms with E-state index in [1.807, 2.05) is 0 Å². The number of nitrogens with one attached hydrogen (secondary N) is 1. The van der Waals surface area contributed by atoms with Crippen molar-refractivity contribution in [2.75, 3.05) is 6.54 Å². The van der Waals surface area contributed by atoms with Gasteiger partial charge in [0.15, 0.2) is 0 Å². The SMILES string of the molecule is C#CCNC(=O)c1ccc(Br)c([N+](=O)[O-])c1. The third-order valence-corrected chi connectivity index (χ3v) is 2.43. The molecule has 0 aliphatic rings. The normalized spacial score (nSPS) is 9.25. The van der Waals surface area contributed by atoms with Crippen LogP contribution in [0.25, 0.3) is 0 Å². The molecule has 0 fully saturated rings. The highest BCUT2D eigenvalue weighted by Gasteiger charge is 2.15. The Morgan fingerprint density at radius 1 is 1.62 bits per heavy atom. The van der Waals surface area contributed by atoms with E-state index in [4.69, 9.17) is 6.42 Å². The Balaban J connectivity index is 2.99. The van der Waals surface area contributed by atoms with Gasteiger partial charge in [0.05, 0.1) is 15.9 Å². The number of nitrogens with zero attached hydrogens (tertiary/aromatic N) is 1. The number of nitro groups is 1. The first-order chi connectivity index (χ1) is 7.56. The van der Waals surface area contributed by atoms with E-state index in [2.05, 4.69) is 27.2 Å². The molecule has 0 bridgehead atoms. The average molecular weight is 283 g/mol. The van der Waals surface area contributed by atoms with Gasteiger partial charge < -0.3 is 5.32 Å². The molecule has 1 aromatic carbocycles. The smallest absolute Gasteiger partial charge is 0.284 e. The van der Waals surface area contributed by atoms with Gasteiger partial charge in [-0.1, -0.05) is 5.92 Å². The van der Waals surface area contributed by atoms with Crippen LogP contribution in [0.5, 0.6) is 0 Å². The van der Waals surface area contributed by atoms with Gasteiger partial charge in [-0.2, -0.15) is 0 Å². The summed E-state index contributed by atoms with van der Waals surface area (Å²) in [5.74, 6) is 1.81. The van der Waals surface area contributed by atoms with E-state index < -0.39 is 10.8 Å². The second-order valence-corrected chi connectivity index (χ2v) is 3.66. The lowest BCUT2D eigenvalue weighted by atomic mass is 10.2. The van der Waals surface area contributed by atoms with Crippen LogP contribution in [0.4, 0.5) is 5.69 Å². The van der Waals surface area contributed by atoms with Crippen LogP contribution in [0.15, 0.2) is 22.7 Å². The number of amides is 1. The Hall–Kier alpha value is -1.87. The number of nitro benzene ring substituents is 1. The predicted octanol–water partition coefficient (Wildman–Crippen LogP) is 1.72. The molecule has 1 amide bonds. The van der Waals surface area contributed by atoms with E-state index in [-0.39, 0.29) is 17.8 Å². The molecule has 5 nitrogen and oxygen atoms in total. The molecule has 0 atom stereocenters. The van der Waals surface area contributed by atoms with Gasteiger partial charge in [-0.25, -0.2) is 0 Å². The van der Waals surface area contributed by atoms with Crippen molar-refractivity contribution >= 4 is 27.5 Å². The van der Waals surface area contributed by atoms with Crippen LogP contribution < -0.4 is 5.32 Å². The van der Waals surface area contributed by atoms with Crippen LogP contribution in [0.1, 0.15) is 10.4 Å². The number of carbonyl (C=O) groups is 1. The molecule has 0 saturated heterocycles. The third-order valence-electron chi connectivity index (χ3n) is 1.76. The van der Waals surface area contributed by atoms with Crippen molar-refractivity contribution in [2.45, 2.75) is 0 Å². The summed E-state index contributed by atoms with van der Waals surface area (Å²) in [7, 11) is 0. The summed E-state index contributed by atoms with van der Waals surface area (Å²) in [5.41, 5.74) is 0.0403. The Morgan fingerprint density at radius 2 is 2.31 bits per heavy atom. The van der Waals surface area contributed by atoms with E-state index in [1.165, 1.54) is 18.2 Å². The number of halogens is 1. The summed E-state index contributed by atoms with van der Waals surface area (Å²) < 4.78 is 0.325. The Bertz CT molecular complexity index is 479. The van der Waals surface area contributed by atoms with Crippen LogP contribution >= 0.6 is 15.9 Å². The van der Waals surface area contributed by atoms with Crippen LogP contribution in [0, 0.1) is 22.5 Å². The minimum absolute atomic E-state index is 0.0860. The van der Waals surface area contributed by atoms with Gasteiger partial charge in [-0.15, -0.1) is 6.42 Å². The summed E-state index contributed by atoms with van der Waals surface area (Å²) >= 11 is 3.03. The average Bonchev–Trinajstić information content (AvgIpc) is 2.26. The van der Waals surface area contributed by atoms with Gasteiger partial charge in [-0.05, 0) is 28.1 Å². The highest BCUT2D eigenvalue weighted by molar-refractivity contribution is 9.10. The van der Waals surface area contributed by atoms with Gasteiger partial charge >= 0.3 is 0 Å². The Labute approximate surface area is 100 Å². The molecule has 0 saturated carbocycles. The van der Waals surface area contributed by atoms with Crippen molar-refractivity contribution in [3.8, 4) is 12.3 Å². The molecule has 1 rings (SSSR count). The van der Waals surface area contributed by atoms with Crippen molar-refractivity contribution in [2.24, 2.45) is 0 Å². The number of hydrogen-bond acceptors (Lipinski definition) is 3. The summed E-state index contributed by atoms with van der Waals surface area (Å²) in [6.07, 6.45) is 4.98. The van der Waals surface area contributed by atoms with Crippen molar-refractivity contribution in [3.63, 3.8) is 0 Å². The van der Waals surface area contributed by atoms with Crippen LogP contribution in [-0.2, 0) is 0 Å². The Morgan fingerprint density at radius 3 is 2.88 bits per heavy atom. The van der Waals surface area contributed by atoms with Crippen molar-refractivity contribution < 1.29 is 9.72 Å². The molecule has 0 aliphatic carbocycles.